The fourth-order valence-electron chi connectivity index (χ4n) is 1.62. The quantitative estimate of drug-likeness (QED) is 0.789. The Labute approximate surface area is 117 Å². The number of imidazole rings is 1. The van der Waals surface area contributed by atoms with Crippen LogP contribution in [-0.2, 0) is 6.54 Å². The van der Waals surface area contributed by atoms with Gasteiger partial charge in [0, 0.05) is 31.2 Å². The molecule has 0 unspecified atom stereocenters. The summed E-state index contributed by atoms with van der Waals surface area (Å²) in [4.78, 5) is 24.9. The molecule has 0 atom stereocenters. The molecular weight excluding hydrogens is 254 g/mol. The number of hydrogen-bond donors (Lipinski definition) is 2. The Bertz CT molecular complexity index is 622. The lowest BCUT2D eigenvalue weighted by Gasteiger charge is -2.15. The predicted molar refractivity (Wildman–Crippen MR) is 74.6 cm³/mol. The number of carbonyl (C=O) groups excluding carboxylic acids is 1. The Kier molecular flexibility index (Phi) is 4.47. The number of aromatic amines is 1. The number of H-pyrrole nitrogens is 1. The monoisotopic (exact) mass is 269 g/mol. The third kappa shape index (κ3) is 3.43. The highest BCUT2D eigenvalue weighted by molar-refractivity contribution is 5.92. The molecule has 0 spiro atoms. The van der Waals surface area contributed by atoms with Crippen LogP contribution in [-0.4, -0.2) is 39.4 Å². The molecule has 0 aliphatic carbocycles. The fraction of sp³-hybridized carbons (Fsp3) is 0.214. The third-order valence-electron chi connectivity index (χ3n) is 2.61. The first-order valence-electron chi connectivity index (χ1n) is 6.09. The summed E-state index contributed by atoms with van der Waals surface area (Å²) in [5, 5.41) is 0. The molecule has 20 heavy (non-hydrogen) atoms. The van der Waals surface area contributed by atoms with Gasteiger partial charge in [0.2, 0.25) is 0 Å². The maximum absolute atomic E-state index is 12.2. The summed E-state index contributed by atoms with van der Waals surface area (Å²) < 4.78 is 0. The van der Waals surface area contributed by atoms with Gasteiger partial charge in [-0.25, -0.2) is 9.97 Å². The highest BCUT2D eigenvalue weighted by atomic mass is 16.2. The van der Waals surface area contributed by atoms with Gasteiger partial charge in [-0.3, -0.25) is 4.79 Å². The SMILES string of the molecule is CN(Cc1ncc[nH]1)C(=O)c1ccc(C#CCN)cn1. The number of nitrogens with two attached hydrogens (primary N) is 1. The summed E-state index contributed by atoms with van der Waals surface area (Å²) in [7, 11) is 1.70. The van der Waals surface area contributed by atoms with Crippen LogP contribution in [0.2, 0.25) is 0 Å². The topological polar surface area (TPSA) is 87.9 Å². The van der Waals surface area contributed by atoms with Crippen molar-refractivity contribution < 1.29 is 4.79 Å². The van der Waals surface area contributed by atoms with Gasteiger partial charge in [-0.2, -0.15) is 0 Å². The summed E-state index contributed by atoms with van der Waals surface area (Å²) in [5.74, 6) is 6.16. The van der Waals surface area contributed by atoms with E-state index in [4.69, 9.17) is 5.73 Å². The van der Waals surface area contributed by atoms with Crippen LogP contribution in [0.1, 0.15) is 21.9 Å². The minimum absolute atomic E-state index is 0.167. The van der Waals surface area contributed by atoms with E-state index in [1.807, 2.05) is 0 Å². The average Bonchev–Trinajstić information content (AvgIpc) is 2.97. The van der Waals surface area contributed by atoms with Crippen molar-refractivity contribution in [2.45, 2.75) is 6.54 Å². The van der Waals surface area contributed by atoms with Crippen LogP contribution in [0, 0.1) is 11.8 Å². The number of carbonyl (C=O) groups is 1. The van der Waals surface area contributed by atoms with E-state index in [1.54, 1.807) is 42.7 Å². The normalized spacial score (nSPS) is 9.70. The van der Waals surface area contributed by atoms with E-state index in [0.717, 1.165) is 11.4 Å². The molecular formula is C14H15N5O. The van der Waals surface area contributed by atoms with E-state index in [-0.39, 0.29) is 5.91 Å². The molecule has 0 aliphatic rings. The highest BCUT2D eigenvalue weighted by Gasteiger charge is 2.13. The van der Waals surface area contributed by atoms with E-state index in [1.165, 1.54) is 0 Å². The molecule has 0 saturated carbocycles. The Morgan fingerprint density at radius 2 is 2.30 bits per heavy atom. The second kappa shape index (κ2) is 6.50. The fourth-order valence-corrected chi connectivity index (χ4v) is 1.62. The Hall–Kier alpha value is -2.65. The first-order valence-corrected chi connectivity index (χ1v) is 6.09. The van der Waals surface area contributed by atoms with Crippen molar-refractivity contribution in [3.05, 3.63) is 47.8 Å². The summed E-state index contributed by atoms with van der Waals surface area (Å²) in [5.41, 5.74) is 6.40. The minimum Gasteiger partial charge on any atom is -0.347 e. The first kappa shape index (κ1) is 13.8. The van der Waals surface area contributed by atoms with E-state index in [2.05, 4.69) is 26.8 Å². The molecule has 2 aromatic rings. The predicted octanol–water partition coefficient (Wildman–Crippen LogP) is 0.387. The van der Waals surface area contributed by atoms with Gasteiger partial charge in [0.05, 0.1) is 13.1 Å². The van der Waals surface area contributed by atoms with E-state index >= 15 is 0 Å². The maximum atomic E-state index is 12.2. The lowest BCUT2D eigenvalue weighted by Crippen LogP contribution is -2.27. The average molecular weight is 269 g/mol. The lowest BCUT2D eigenvalue weighted by atomic mass is 10.2. The minimum atomic E-state index is -0.167. The lowest BCUT2D eigenvalue weighted by molar-refractivity contribution is 0.0776. The molecule has 2 heterocycles. The molecule has 6 heteroatoms. The molecule has 0 saturated heterocycles. The number of hydrogen-bond acceptors (Lipinski definition) is 4. The molecule has 1 amide bonds. The Balaban J connectivity index is 2.05. The summed E-state index contributed by atoms with van der Waals surface area (Å²) >= 11 is 0. The van der Waals surface area contributed by atoms with Crippen molar-refractivity contribution in [3.63, 3.8) is 0 Å². The summed E-state index contributed by atoms with van der Waals surface area (Å²) in [6.45, 7) is 0.703. The second-order valence-electron chi connectivity index (χ2n) is 4.14. The zero-order chi connectivity index (χ0) is 14.4. The second-order valence-corrected chi connectivity index (χ2v) is 4.14. The van der Waals surface area contributed by atoms with Crippen LogP contribution in [0.15, 0.2) is 30.7 Å². The number of nitrogens with zero attached hydrogens (tertiary/aromatic N) is 3. The molecule has 3 N–H and O–H groups in total. The number of rotatable bonds is 3. The Morgan fingerprint density at radius 1 is 1.45 bits per heavy atom. The largest absolute Gasteiger partial charge is 0.347 e. The van der Waals surface area contributed by atoms with Crippen molar-refractivity contribution in [2.24, 2.45) is 5.73 Å². The molecule has 0 aliphatic heterocycles. The van der Waals surface area contributed by atoms with Gasteiger partial charge in [0.25, 0.3) is 5.91 Å². The maximum Gasteiger partial charge on any atom is 0.272 e. The molecule has 0 bridgehead atoms. The van der Waals surface area contributed by atoms with E-state index in [0.29, 0.717) is 18.8 Å². The van der Waals surface area contributed by atoms with Crippen molar-refractivity contribution in [1.29, 1.82) is 0 Å². The van der Waals surface area contributed by atoms with Gasteiger partial charge in [0.15, 0.2) is 0 Å². The van der Waals surface area contributed by atoms with Crippen LogP contribution in [0.4, 0.5) is 0 Å². The van der Waals surface area contributed by atoms with Crippen molar-refractivity contribution >= 4 is 5.91 Å². The molecule has 102 valence electrons. The first-order chi connectivity index (χ1) is 9.70. The van der Waals surface area contributed by atoms with Gasteiger partial charge in [-0.15, -0.1) is 0 Å². The molecule has 6 nitrogen and oxygen atoms in total. The summed E-state index contributed by atoms with van der Waals surface area (Å²) in [6, 6.07) is 3.41. The van der Waals surface area contributed by atoms with Gasteiger partial charge in [-0.05, 0) is 12.1 Å². The highest BCUT2D eigenvalue weighted by Crippen LogP contribution is 2.05. The molecule has 0 aromatic carbocycles. The number of amides is 1. The number of aromatic nitrogens is 3. The molecule has 0 fully saturated rings. The molecule has 0 radical (unpaired) electrons. The third-order valence-corrected chi connectivity index (χ3v) is 2.61. The zero-order valence-electron chi connectivity index (χ0n) is 11.1. The number of pyridine rings is 1. The summed E-state index contributed by atoms with van der Waals surface area (Å²) in [6.07, 6.45) is 4.93. The van der Waals surface area contributed by atoms with Crippen molar-refractivity contribution in [2.75, 3.05) is 13.6 Å². The molecule has 2 rings (SSSR count). The smallest absolute Gasteiger partial charge is 0.272 e. The van der Waals surface area contributed by atoms with E-state index in [9.17, 15) is 4.79 Å². The van der Waals surface area contributed by atoms with Gasteiger partial charge < -0.3 is 15.6 Å². The van der Waals surface area contributed by atoms with Crippen LogP contribution in [0.3, 0.4) is 0 Å². The zero-order valence-corrected chi connectivity index (χ0v) is 11.1. The van der Waals surface area contributed by atoms with Gasteiger partial charge >= 0.3 is 0 Å². The molecule has 2 aromatic heterocycles. The van der Waals surface area contributed by atoms with Crippen LogP contribution in [0.5, 0.6) is 0 Å². The van der Waals surface area contributed by atoms with Crippen molar-refractivity contribution in [1.82, 2.24) is 19.9 Å². The van der Waals surface area contributed by atoms with Gasteiger partial charge in [0.1, 0.15) is 11.5 Å². The Morgan fingerprint density at radius 3 is 2.90 bits per heavy atom. The van der Waals surface area contributed by atoms with Crippen LogP contribution < -0.4 is 5.73 Å². The van der Waals surface area contributed by atoms with E-state index < -0.39 is 0 Å². The van der Waals surface area contributed by atoms with Crippen molar-refractivity contribution in [3.8, 4) is 11.8 Å². The van der Waals surface area contributed by atoms with Crippen LogP contribution in [0.25, 0.3) is 0 Å². The number of nitrogens with one attached hydrogen (secondary N) is 1. The van der Waals surface area contributed by atoms with Gasteiger partial charge in [-0.1, -0.05) is 11.8 Å². The standard InChI is InChI=1S/C14H15N5O/c1-19(10-13-16-7-8-17-13)14(20)12-5-4-11(9-18-12)3-2-6-15/h4-5,7-9H,6,10,15H2,1H3,(H,16,17). The van der Waals surface area contributed by atoms with Crippen LogP contribution >= 0.6 is 0 Å².